The first-order valence-electron chi connectivity index (χ1n) is 10.9. The maximum Gasteiger partial charge on any atom is 0.146 e. The summed E-state index contributed by atoms with van der Waals surface area (Å²) >= 11 is 6.19. The Balaban J connectivity index is 0.00000158. The molecule has 0 saturated carbocycles. The smallest absolute Gasteiger partial charge is 0.146 e. The monoisotopic (exact) mass is 478 g/mol. The van der Waals surface area contributed by atoms with E-state index in [0.717, 1.165) is 36.2 Å². The van der Waals surface area contributed by atoms with Crippen molar-refractivity contribution in [2.24, 2.45) is 0 Å². The van der Waals surface area contributed by atoms with Crippen LogP contribution in [-0.4, -0.2) is 37.4 Å². The summed E-state index contributed by atoms with van der Waals surface area (Å²) in [4.78, 5) is 18.0. The number of nitrogens with one attached hydrogen (secondary N) is 1. The Hall–Kier alpha value is -2.70. The lowest BCUT2D eigenvalue weighted by Gasteiger charge is -2.30. The molecule has 5 nitrogen and oxygen atoms in total. The topological polar surface area (TPSA) is 69.6 Å². The summed E-state index contributed by atoms with van der Waals surface area (Å²) < 4.78 is 14.6. The van der Waals surface area contributed by atoms with Crippen LogP contribution >= 0.6 is 11.6 Å². The summed E-state index contributed by atoms with van der Waals surface area (Å²) in [7, 11) is 0. The molecule has 2 atom stereocenters. The number of anilines is 2. The minimum absolute atomic E-state index is 0.0735. The van der Waals surface area contributed by atoms with Crippen LogP contribution in [0.2, 0.25) is 5.02 Å². The van der Waals surface area contributed by atoms with Crippen LogP contribution in [0.25, 0.3) is 5.70 Å². The number of hydrogen-bond acceptors (Lipinski definition) is 5. The lowest BCUT2D eigenvalue weighted by molar-refractivity contribution is -0.0987. The zero-order valence-electron chi connectivity index (χ0n) is 20.0. The number of aliphatic hydroxyl groups is 1. The zero-order valence-corrected chi connectivity index (χ0v) is 20.8. The second kappa shape index (κ2) is 16.0. The first-order valence-corrected chi connectivity index (χ1v) is 11.3. The molecule has 1 saturated heterocycles. The van der Waals surface area contributed by atoms with Crippen LogP contribution in [0.5, 0.6) is 0 Å². The van der Waals surface area contributed by atoms with Crippen LogP contribution in [-0.2, 0) is 9.59 Å². The second-order valence-corrected chi connectivity index (χ2v) is 7.72. The molecule has 1 heterocycles. The highest BCUT2D eigenvalue weighted by molar-refractivity contribution is 6.31. The molecular formula is C26H36ClFN2O3. The minimum Gasteiger partial charge on any atom is -0.393 e. The highest BCUT2D eigenvalue weighted by atomic mass is 35.5. The summed E-state index contributed by atoms with van der Waals surface area (Å²) in [6.07, 6.45) is 1.92. The molecule has 0 aromatic heterocycles. The van der Waals surface area contributed by atoms with Gasteiger partial charge in [0, 0.05) is 29.0 Å². The molecule has 2 unspecified atom stereocenters. The number of rotatable bonds is 4. The van der Waals surface area contributed by atoms with Crippen LogP contribution in [0.15, 0.2) is 43.0 Å². The molecule has 0 amide bonds. The van der Waals surface area contributed by atoms with E-state index >= 15 is 0 Å². The molecule has 3 rings (SSSR count). The van der Waals surface area contributed by atoms with E-state index in [-0.39, 0.29) is 18.0 Å². The highest BCUT2D eigenvalue weighted by Crippen LogP contribution is 2.30. The molecule has 182 valence electrons. The number of carbonyl (C=O) groups excluding carboxylic acids is 2. The van der Waals surface area contributed by atoms with Crippen molar-refractivity contribution in [3.63, 3.8) is 0 Å². The summed E-state index contributed by atoms with van der Waals surface area (Å²) in [5.74, 6) is -0.256. The van der Waals surface area contributed by atoms with Gasteiger partial charge in [-0.05, 0) is 74.6 Å². The van der Waals surface area contributed by atoms with E-state index in [1.807, 2.05) is 70.4 Å². The van der Waals surface area contributed by atoms with E-state index in [1.54, 1.807) is 6.07 Å². The highest BCUT2D eigenvalue weighted by Gasteiger charge is 2.24. The number of benzene rings is 2. The van der Waals surface area contributed by atoms with Gasteiger partial charge >= 0.3 is 0 Å². The maximum atomic E-state index is 14.6. The van der Waals surface area contributed by atoms with E-state index in [2.05, 4.69) is 11.9 Å². The second-order valence-electron chi connectivity index (χ2n) is 7.31. The molecule has 2 aromatic carbocycles. The normalized spacial score (nSPS) is 17.0. The Morgan fingerprint density at radius 2 is 1.79 bits per heavy atom. The van der Waals surface area contributed by atoms with Gasteiger partial charge in [-0.1, -0.05) is 38.1 Å². The summed E-state index contributed by atoms with van der Waals surface area (Å²) in [6.45, 7) is 16.8. The molecule has 7 heteroatoms. The van der Waals surface area contributed by atoms with Crippen molar-refractivity contribution in [2.75, 3.05) is 16.8 Å². The van der Waals surface area contributed by atoms with E-state index in [1.165, 1.54) is 6.07 Å². The zero-order chi connectivity index (χ0) is 25.6. The van der Waals surface area contributed by atoms with Crippen molar-refractivity contribution in [1.29, 1.82) is 0 Å². The van der Waals surface area contributed by atoms with Gasteiger partial charge in [-0.25, -0.2) is 4.39 Å². The number of halogens is 2. The summed E-state index contributed by atoms with van der Waals surface area (Å²) in [5.41, 5.74) is 3.90. The third-order valence-corrected chi connectivity index (χ3v) is 5.56. The van der Waals surface area contributed by atoms with Crippen molar-refractivity contribution >= 4 is 42.3 Å². The van der Waals surface area contributed by atoms with E-state index < -0.39 is 0 Å². The fourth-order valence-electron chi connectivity index (χ4n) is 3.55. The van der Waals surface area contributed by atoms with Gasteiger partial charge in [0.05, 0.1) is 11.8 Å². The number of nitrogens with zero attached hydrogens (tertiary/aromatic N) is 1. The van der Waals surface area contributed by atoms with Crippen LogP contribution < -0.4 is 10.2 Å². The first-order chi connectivity index (χ1) is 15.8. The van der Waals surface area contributed by atoms with Crippen molar-refractivity contribution in [3.8, 4) is 0 Å². The van der Waals surface area contributed by atoms with Crippen LogP contribution in [0.4, 0.5) is 15.8 Å². The van der Waals surface area contributed by atoms with Gasteiger partial charge in [0.2, 0.25) is 0 Å². The van der Waals surface area contributed by atoms with E-state index in [4.69, 9.17) is 21.2 Å². The van der Waals surface area contributed by atoms with Crippen LogP contribution in [0, 0.1) is 12.7 Å². The van der Waals surface area contributed by atoms with Gasteiger partial charge in [0.15, 0.2) is 0 Å². The third kappa shape index (κ3) is 8.98. The summed E-state index contributed by atoms with van der Waals surface area (Å²) in [5, 5.41) is 13.9. The SMILES string of the molecule is C=C(Nc1ccc(C)c(Cl)c1)c1ccc(F)c(N2CCCC(O)CC2C)c1.C=O.C=O.CC. The number of aliphatic hydroxyl groups excluding tert-OH is 1. The predicted octanol–water partition coefficient (Wildman–Crippen LogP) is 6.27. The first kappa shape index (κ1) is 30.3. The lowest BCUT2D eigenvalue weighted by Crippen LogP contribution is -2.34. The molecule has 2 N–H and O–H groups in total. The Bertz CT molecular complexity index is 877. The average Bonchev–Trinajstić information content (AvgIpc) is 3.00. The van der Waals surface area contributed by atoms with Gasteiger partial charge in [-0.15, -0.1) is 0 Å². The minimum atomic E-state index is -0.320. The Kier molecular flexibility index (Phi) is 14.7. The number of hydrogen-bond donors (Lipinski definition) is 2. The van der Waals surface area contributed by atoms with Crippen molar-refractivity contribution in [3.05, 3.63) is 64.9 Å². The van der Waals surface area contributed by atoms with Crippen LogP contribution in [0.3, 0.4) is 0 Å². The largest absolute Gasteiger partial charge is 0.393 e. The van der Waals surface area contributed by atoms with Gasteiger partial charge in [0.25, 0.3) is 0 Å². The van der Waals surface area contributed by atoms with E-state index in [0.29, 0.717) is 22.8 Å². The number of carbonyl (C=O) groups is 2. The molecule has 2 aromatic rings. The maximum absolute atomic E-state index is 14.6. The van der Waals surface area contributed by atoms with Gasteiger partial charge < -0.3 is 24.9 Å². The van der Waals surface area contributed by atoms with Gasteiger partial charge in [-0.3, -0.25) is 0 Å². The quantitative estimate of drug-likeness (QED) is 0.542. The molecule has 33 heavy (non-hydrogen) atoms. The lowest BCUT2D eigenvalue weighted by atomic mass is 10.1. The molecule has 0 aliphatic carbocycles. The molecule has 1 fully saturated rings. The molecule has 1 aliphatic heterocycles. The Morgan fingerprint density at radius 1 is 1.15 bits per heavy atom. The van der Waals surface area contributed by atoms with Crippen molar-refractivity contribution in [1.82, 2.24) is 0 Å². The predicted molar refractivity (Wildman–Crippen MR) is 138 cm³/mol. The molecule has 0 bridgehead atoms. The molecule has 1 aliphatic rings. The fraction of sp³-hybridized carbons (Fsp3) is 0.385. The van der Waals surface area contributed by atoms with Crippen molar-refractivity contribution in [2.45, 2.75) is 59.1 Å². The molecular weight excluding hydrogens is 443 g/mol. The Morgan fingerprint density at radius 3 is 2.39 bits per heavy atom. The van der Waals surface area contributed by atoms with Crippen LogP contribution in [0.1, 0.15) is 51.2 Å². The average molecular weight is 479 g/mol. The van der Waals surface area contributed by atoms with Gasteiger partial charge in [-0.2, -0.15) is 0 Å². The van der Waals surface area contributed by atoms with E-state index in [9.17, 15) is 9.50 Å². The molecule has 0 spiro atoms. The Labute approximate surface area is 202 Å². The fourth-order valence-corrected chi connectivity index (χ4v) is 3.73. The molecule has 0 radical (unpaired) electrons. The third-order valence-electron chi connectivity index (χ3n) is 5.15. The number of aryl methyl sites for hydroxylation is 1. The standard InChI is InChI=1S/C22H26ClFN2O.C2H6.2CH2O/c1-14-6-8-18(13-20(14)23)25-16(3)17-7-9-21(24)22(12-17)26-10-4-5-19(27)11-15(26)2;3*1-2/h6-9,12-13,15,19,25,27H,3-5,10-11H2,1-2H3;1-2H3;2*1H2. The van der Waals surface area contributed by atoms with Crippen molar-refractivity contribution < 1.29 is 19.1 Å². The van der Waals surface area contributed by atoms with Gasteiger partial charge in [0.1, 0.15) is 19.4 Å². The summed E-state index contributed by atoms with van der Waals surface area (Å²) in [6, 6.07) is 10.8.